The summed E-state index contributed by atoms with van der Waals surface area (Å²) in [6.45, 7) is 4.15. The van der Waals surface area contributed by atoms with Crippen molar-refractivity contribution in [3.63, 3.8) is 0 Å². The molecule has 0 aliphatic heterocycles. The van der Waals surface area contributed by atoms with Gasteiger partial charge in [0.05, 0.1) is 25.6 Å². The van der Waals surface area contributed by atoms with Gasteiger partial charge < -0.3 is 20.1 Å². The number of ether oxygens (including phenoxy) is 2. The maximum Gasteiger partial charge on any atom is 0.229 e. The van der Waals surface area contributed by atoms with Gasteiger partial charge in [0, 0.05) is 23.7 Å². The minimum absolute atomic E-state index is 0.256. The van der Waals surface area contributed by atoms with Gasteiger partial charge in [-0.2, -0.15) is 4.98 Å². The number of benzene rings is 2. The lowest BCUT2D eigenvalue weighted by atomic mass is 10.1. The van der Waals surface area contributed by atoms with Gasteiger partial charge in [-0.1, -0.05) is 30.3 Å². The SMILES string of the molecule is COc1ccc(Nc2nc(NC(C)C)cc(-c3ccccc3)n2)c(OC)c1. The average Bonchev–Trinajstić information content (AvgIpc) is 2.68. The van der Waals surface area contributed by atoms with Crippen LogP contribution < -0.4 is 20.1 Å². The van der Waals surface area contributed by atoms with Crippen LogP contribution in [0.4, 0.5) is 17.5 Å². The van der Waals surface area contributed by atoms with Crippen LogP contribution in [0.2, 0.25) is 0 Å². The molecule has 6 nitrogen and oxygen atoms in total. The van der Waals surface area contributed by atoms with E-state index in [1.165, 1.54) is 0 Å². The summed E-state index contributed by atoms with van der Waals surface area (Å²) in [4.78, 5) is 9.27. The maximum absolute atomic E-state index is 5.46. The van der Waals surface area contributed by atoms with Gasteiger partial charge in [0.15, 0.2) is 0 Å². The van der Waals surface area contributed by atoms with E-state index in [-0.39, 0.29) is 6.04 Å². The molecule has 2 aromatic carbocycles. The van der Waals surface area contributed by atoms with Crippen molar-refractivity contribution >= 4 is 17.5 Å². The topological polar surface area (TPSA) is 68.3 Å². The first-order valence-corrected chi connectivity index (χ1v) is 8.79. The van der Waals surface area contributed by atoms with Crippen LogP contribution >= 0.6 is 0 Å². The van der Waals surface area contributed by atoms with Gasteiger partial charge in [-0.15, -0.1) is 0 Å². The van der Waals surface area contributed by atoms with Crippen LogP contribution in [0, 0.1) is 0 Å². The van der Waals surface area contributed by atoms with Crippen molar-refractivity contribution in [3.8, 4) is 22.8 Å². The fourth-order valence-corrected chi connectivity index (χ4v) is 2.65. The molecule has 1 aromatic heterocycles. The highest BCUT2D eigenvalue weighted by atomic mass is 16.5. The van der Waals surface area contributed by atoms with Gasteiger partial charge in [0.2, 0.25) is 5.95 Å². The van der Waals surface area contributed by atoms with Crippen LogP contribution in [0.1, 0.15) is 13.8 Å². The van der Waals surface area contributed by atoms with E-state index >= 15 is 0 Å². The standard InChI is InChI=1S/C21H24N4O2/c1-14(2)22-20-13-18(15-8-6-5-7-9-15)24-21(25-20)23-17-11-10-16(26-3)12-19(17)27-4/h5-14H,1-4H3,(H2,22,23,24,25). The lowest BCUT2D eigenvalue weighted by Crippen LogP contribution is -2.12. The largest absolute Gasteiger partial charge is 0.497 e. The molecule has 140 valence electrons. The van der Waals surface area contributed by atoms with E-state index in [0.717, 1.165) is 28.5 Å². The number of hydrogen-bond acceptors (Lipinski definition) is 6. The number of nitrogens with one attached hydrogen (secondary N) is 2. The fraction of sp³-hybridized carbons (Fsp3) is 0.238. The quantitative estimate of drug-likeness (QED) is 0.632. The summed E-state index contributed by atoms with van der Waals surface area (Å²) in [5, 5.41) is 6.60. The molecule has 2 N–H and O–H groups in total. The first-order valence-electron chi connectivity index (χ1n) is 8.79. The fourth-order valence-electron chi connectivity index (χ4n) is 2.65. The normalized spacial score (nSPS) is 10.6. The third-order valence-electron chi connectivity index (χ3n) is 3.89. The molecule has 0 spiro atoms. The van der Waals surface area contributed by atoms with E-state index in [2.05, 4.69) is 34.4 Å². The predicted molar refractivity (Wildman–Crippen MR) is 109 cm³/mol. The van der Waals surface area contributed by atoms with Crippen LogP contribution in [-0.4, -0.2) is 30.2 Å². The number of aromatic nitrogens is 2. The molecular weight excluding hydrogens is 340 g/mol. The molecule has 0 unspecified atom stereocenters. The third kappa shape index (κ3) is 4.67. The number of nitrogens with zero attached hydrogens (tertiary/aromatic N) is 2. The minimum Gasteiger partial charge on any atom is -0.497 e. The molecule has 3 aromatic rings. The molecular formula is C21H24N4O2. The zero-order valence-corrected chi connectivity index (χ0v) is 16.0. The summed E-state index contributed by atoms with van der Waals surface area (Å²) < 4.78 is 10.7. The first kappa shape index (κ1) is 18.5. The Kier molecular flexibility index (Phi) is 5.76. The molecule has 1 heterocycles. The first-order chi connectivity index (χ1) is 13.1. The predicted octanol–water partition coefficient (Wildman–Crippen LogP) is 4.72. The van der Waals surface area contributed by atoms with Crippen molar-refractivity contribution in [1.82, 2.24) is 9.97 Å². The molecule has 6 heteroatoms. The van der Waals surface area contributed by atoms with Gasteiger partial charge >= 0.3 is 0 Å². The molecule has 0 radical (unpaired) electrons. The smallest absolute Gasteiger partial charge is 0.229 e. The summed E-state index contributed by atoms with van der Waals surface area (Å²) in [5.74, 6) is 2.62. The highest BCUT2D eigenvalue weighted by molar-refractivity contribution is 5.69. The molecule has 0 saturated carbocycles. The Morgan fingerprint density at radius 1 is 0.889 bits per heavy atom. The van der Waals surface area contributed by atoms with Gasteiger partial charge in [-0.05, 0) is 26.0 Å². The summed E-state index contributed by atoms with van der Waals surface area (Å²) >= 11 is 0. The van der Waals surface area contributed by atoms with E-state index in [0.29, 0.717) is 11.7 Å². The zero-order valence-electron chi connectivity index (χ0n) is 16.0. The number of methoxy groups -OCH3 is 2. The van der Waals surface area contributed by atoms with Crippen LogP contribution in [0.3, 0.4) is 0 Å². The Morgan fingerprint density at radius 3 is 2.33 bits per heavy atom. The van der Waals surface area contributed by atoms with Gasteiger partial charge in [-0.25, -0.2) is 4.98 Å². The molecule has 27 heavy (non-hydrogen) atoms. The van der Waals surface area contributed by atoms with Crippen LogP contribution in [-0.2, 0) is 0 Å². The Hall–Kier alpha value is -3.28. The third-order valence-corrected chi connectivity index (χ3v) is 3.89. The number of hydrogen-bond donors (Lipinski definition) is 2. The minimum atomic E-state index is 0.256. The average molecular weight is 364 g/mol. The molecule has 3 rings (SSSR count). The van der Waals surface area contributed by atoms with E-state index in [1.54, 1.807) is 14.2 Å². The molecule has 0 fully saturated rings. The Bertz CT molecular complexity index is 898. The van der Waals surface area contributed by atoms with E-state index in [4.69, 9.17) is 9.47 Å². The molecule has 0 bridgehead atoms. The number of anilines is 3. The van der Waals surface area contributed by atoms with Crippen LogP contribution in [0.5, 0.6) is 11.5 Å². The van der Waals surface area contributed by atoms with E-state index in [9.17, 15) is 0 Å². The Balaban J connectivity index is 1.99. The summed E-state index contributed by atoms with van der Waals surface area (Å²) in [6, 6.07) is 17.8. The monoisotopic (exact) mass is 364 g/mol. The van der Waals surface area contributed by atoms with E-state index in [1.807, 2.05) is 54.6 Å². The summed E-state index contributed by atoms with van der Waals surface area (Å²) in [7, 11) is 3.24. The van der Waals surface area contributed by atoms with E-state index < -0.39 is 0 Å². The summed E-state index contributed by atoms with van der Waals surface area (Å²) in [5.41, 5.74) is 2.62. The molecule has 0 atom stereocenters. The van der Waals surface area contributed by atoms with Crippen LogP contribution in [0.15, 0.2) is 54.6 Å². The molecule has 0 amide bonds. The van der Waals surface area contributed by atoms with Crippen molar-refractivity contribution in [3.05, 3.63) is 54.6 Å². The van der Waals surface area contributed by atoms with Crippen LogP contribution in [0.25, 0.3) is 11.3 Å². The highest BCUT2D eigenvalue weighted by Gasteiger charge is 2.11. The highest BCUT2D eigenvalue weighted by Crippen LogP contribution is 2.31. The Morgan fingerprint density at radius 2 is 1.67 bits per heavy atom. The maximum atomic E-state index is 5.46. The van der Waals surface area contributed by atoms with Crippen molar-refractivity contribution in [1.29, 1.82) is 0 Å². The van der Waals surface area contributed by atoms with Gasteiger partial charge in [-0.3, -0.25) is 0 Å². The number of rotatable bonds is 7. The van der Waals surface area contributed by atoms with Crippen molar-refractivity contribution < 1.29 is 9.47 Å². The second-order valence-corrected chi connectivity index (χ2v) is 6.32. The zero-order chi connectivity index (χ0) is 19.2. The summed E-state index contributed by atoms with van der Waals surface area (Å²) in [6.07, 6.45) is 0. The molecule has 0 aliphatic carbocycles. The second kappa shape index (κ2) is 8.40. The Labute approximate surface area is 159 Å². The van der Waals surface area contributed by atoms with Crippen molar-refractivity contribution in [2.75, 3.05) is 24.9 Å². The van der Waals surface area contributed by atoms with Crippen molar-refractivity contribution in [2.45, 2.75) is 19.9 Å². The lowest BCUT2D eigenvalue weighted by Gasteiger charge is -2.15. The second-order valence-electron chi connectivity index (χ2n) is 6.32. The molecule has 0 aliphatic rings. The lowest BCUT2D eigenvalue weighted by molar-refractivity contribution is 0.395. The van der Waals surface area contributed by atoms with Crippen molar-refractivity contribution in [2.24, 2.45) is 0 Å². The molecule has 0 saturated heterocycles. The van der Waals surface area contributed by atoms with Gasteiger partial charge in [0.25, 0.3) is 0 Å². The van der Waals surface area contributed by atoms with Gasteiger partial charge in [0.1, 0.15) is 17.3 Å².